The van der Waals surface area contributed by atoms with Crippen LogP contribution in [0.25, 0.3) is 0 Å². The third kappa shape index (κ3) is 5.19. The molecule has 6 heteroatoms. The molecule has 3 nitrogen and oxygen atoms in total. The topological polar surface area (TPSA) is 43.7 Å². The molecule has 1 heterocycles. The van der Waals surface area contributed by atoms with Crippen LogP contribution in [0.1, 0.15) is 30.4 Å². The van der Waals surface area contributed by atoms with Gasteiger partial charge in [-0.2, -0.15) is 13.2 Å². The number of aliphatic hydroxyl groups is 2. The molecule has 0 saturated carbocycles. The van der Waals surface area contributed by atoms with E-state index in [4.69, 9.17) is 0 Å². The van der Waals surface area contributed by atoms with E-state index >= 15 is 0 Å². The van der Waals surface area contributed by atoms with Gasteiger partial charge >= 0.3 is 6.18 Å². The van der Waals surface area contributed by atoms with Crippen molar-refractivity contribution in [3.63, 3.8) is 0 Å². The van der Waals surface area contributed by atoms with Gasteiger partial charge in [-0.3, -0.25) is 4.90 Å². The van der Waals surface area contributed by atoms with Crippen molar-refractivity contribution in [2.45, 2.75) is 37.9 Å². The van der Waals surface area contributed by atoms with Crippen LogP contribution in [0.5, 0.6) is 0 Å². The minimum Gasteiger partial charge on any atom is -0.395 e. The fourth-order valence-electron chi connectivity index (χ4n) is 3.23. The first-order chi connectivity index (χ1) is 10.9. The molecule has 23 heavy (non-hydrogen) atoms. The van der Waals surface area contributed by atoms with Gasteiger partial charge in [0.05, 0.1) is 24.8 Å². The summed E-state index contributed by atoms with van der Waals surface area (Å²) in [6.45, 7) is 1.49. The van der Waals surface area contributed by atoms with Crippen molar-refractivity contribution >= 4 is 0 Å². The van der Waals surface area contributed by atoms with Gasteiger partial charge in [0, 0.05) is 6.54 Å². The molecule has 1 aromatic carbocycles. The van der Waals surface area contributed by atoms with Gasteiger partial charge in [0.2, 0.25) is 0 Å². The van der Waals surface area contributed by atoms with Crippen LogP contribution in [-0.4, -0.2) is 47.5 Å². The number of likely N-dealkylation sites (tertiary alicyclic amines) is 1. The molecule has 1 aliphatic heterocycles. The number of rotatable bonds is 6. The van der Waals surface area contributed by atoms with E-state index in [2.05, 4.69) is 4.90 Å². The summed E-state index contributed by atoms with van der Waals surface area (Å²) in [6.07, 6.45) is -0.831. The SMILES string of the molecule is OCC(CO)N1CCCC(CCc2cccc(C(F)(F)F)c2)C1. The Kier molecular flexibility index (Phi) is 6.44. The van der Waals surface area contributed by atoms with Crippen molar-refractivity contribution in [3.05, 3.63) is 35.4 Å². The van der Waals surface area contributed by atoms with Crippen molar-refractivity contribution in [3.8, 4) is 0 Å². The molecule has 2 rings (SSSR count). The van der Waals surface area contributed by atoms with Gasteiger partial charge in [-0.05, 0) is 49.8 Å². The number of aliphatic hydroxyl groups excluding tert-OH is 2. The quantitative estimate of drug-likeness (QED) is 0.842. The lowest BCUT2D eigenvalue weighted by Crippen LogP contribution is -2.46. The Bertz CT molecular complexity index is 489. The monoisotopic (exact) mass is 331 g/mol. The molecule has 1 atom stereocenters. The third-order valence-corrected chi connectivity index (χ3v) is 4.58. The van der Waals surface area contributed by atoms with E-state index in [0.29, 0.717) is 17.9 Å². The minimum absolute atomic E-state index is 0.0726. The molecule has 0 spiro atoms. The van der Waals surface area contributed by atoms with Crippen LogP contribution in [0.2, 0.25) is 0 Å². The van der Waals surface area contributed by atoms with Crippen LogP contribution >= 0.6 is 0 Å². The van der Waals surface area contributed by atoms with E-state index in [1.165, 1.54) is 12.1 Å². The first-order valence-electron chi connectivity index (χ1n) is 8.06. The first kappa shape index (κ1) is 18.2. The molecule has 1 aliphatic rings. The second-order valence-corrected chi connectivity index (χ2v) is 6.26. The Morgan fingerprint density at radius 2 is 1.96 bits per heavy atom. The van der Waals surface area contributed by atoms with Gasteiger partial charge in [-0.15, -0.1) is 0 Å². The maximum atomic E-state index is 12.7. The van der Waals surface area contributed by atoms with Crippen molar-refractivity contribution in [1.82, 2.24) is 4.90 Å². The van der Waals surface area contributed by atoms with Crippen LogP contribution in [0, 0.1) is 5.92 Å². The molecular formula is C17H24F3NO2. The number of hydrogen-bond donors (Lipinski definition) is 2. The van der Waals surface area contributed by atoms with E-state index in [1.807, 2.05) is 0 Å². The maximum Gasteiger partial charge on any atom is 0.416 e. The van der Waals surface area contributed by atoms with E-state index in [-0.39, 0.29) is 19.3 Å². The van der Waals surface area contributed by atoms with Gasteiger partial charge in [0.25, 0.3) is 0 Å². The molecule has 0 radical (unpaired) electrons. The summed E-state index contributed by atoms with van der Waals surface area (Å²) in [5.74, 6) is 0.388. The second-order valence-electron chi connectivity index (χ2n) is 6.26. The zero-order valence-electron chi connectivity index (χ0n) is 13.1. The van der Waals surface area contributed by atoms with E-state index < -0.39 is 11.7 Å². The number of nitrogens with zero attached hydrogens (tertiary/aromatic N) is 1. The highest BCUT2D eigenvalue weighted by molar-refractivity contribution is 5.25. The largest absolute Gasteiger partial charge is 0.416 e. The number of halogens is 3. The van der Waals surface area contributed by atoms with Gasteiger partial charge < -0.3 is 10.2 Å². The Morgan fingerprint density at radius 3 is 2.61 bits per heavy atom. The fraction of sp³-hybridized carbons (Fsp3) is 0.647. The normalized spacial score (nSPS) is 20.2. The lowest BCUT2D eigenvalue weighted by atomic mass is 9.90. The fourth-order valence-corrected chi connectivity index (χ4v) is 3.23. The summed E-state index contributed by atoms with van der Waals surface area (Å²) in [4.78, 5) is 2.08. The minimum atomic E-state index is -4.30. The third-order valence-electron chi connectivity index (χ3n) is 4.58. The second kappa shape index (κ2) is 8.13. The highest BCUT2D eigenvalue weighted by Crippen LogP contribution is 2.30. The van der Waals surface area contributed by atoms with Crippen LogP contribution in [-0.2, 0) is 12.6 Å². The summed E-state index contributed by atoms with van der Waals surface area (Å²) in [5, 5.41) is 18.5. The standard InChI is InChI=1S/C17H24F3NO2/c18-17(19,20)15-5-1-3-13(9-15)6-7-14-4-2-8-21(10-14)16(11-22)12-23/h1,3,5,9,14,16,22-23H,2,4,6-8,10-12H2. The smallest absolute Gasteiger partial charge is 0.395 e. The van der Waals surface area contributed by atoms with Crippen molar-refractivity contribution in [2.24, 2.45) is 5.92 Å². The van der Waals surface area contributed by atoms with Crippen LogP contribution in [0.3, 0.4) is 0 Å². The molecule has 1 unspecified atom stereocenters. The van der Waals surface area contributed by atoms with E-state index in [0.717, 1.165) is 38.4 Å². The molecule has 0 aromatic heterocycles. The van der Waals surface area contributed by atoms with Gasteiger partial charge in [0.15, 0.2) is 0 Å². The maximum absolute atomic E-state index is 12.7. The molecule has 1 fully saturated rings. The lowest BCUT2D eigenvalue weighted by molar-refractivity contribution is -0.137. The Morgan fingerprint density at radius 1 is 1.22 bits per heavy atom. The van der Waals surface area contributed by atoms with Crippen LogP contribution in [0.4, 0.5) is 13.2 Å². The number of piperidine rings is 1. The van der Waals surface area contributed by atoms with E-state index in [9.17, 15) is 23.4 Å². The Hall–Kier alpha value is -1.11. The van der Waals surface area contributed by atoms with Gasteiger partial charge in [0.1, 0.15) is 0 Å². The summed E-state index contributed by atoms with van der Waals surface area (Å²) >= 11 is 0. The predicted octanol–water partition coefficient (Wildman–Crippen LogP) is 2.70. The van der Waals surface area contributed by atoms with Crippen LogP contribution in [0.15, 0.2) is 24.3 Å². The van der Waals surface area contributed by atoms with Crippen molar-refractivity contribution in [2.75, 3.05) is 26.3 Å². The molecule has 1 saturated heterocycles. The first-order valence-corrected chi connectivity index (χ1v) is 8.06. The van der Waals surface area contributed by atoms with E-state index in [1.54, 1.807) is 6.07 Å². The Labute approximate surface area is 134 Å². The van der Waals surface area contributed by atoms with Crippen LogP contribution < -0.4 is 0 Å². The zero-order chi connectivity index (χ0) is 16.9. The molecule has 0 bridgehead atoms. The lowest BCUT2D eigenvalue weighted by Gasteiger charge is -2.37. The number of alkyl halides is 3. The molecule has 1 aromatic rings. The highest BCUT2D eigenvalue weighted by atomic mass is 19.4. The predicted molar refractivity (Wildman–Crippen MR) is 82.0 cm³/mol. The van der Waals surface area contributed by atoms with Crippen molar-refractivity contribution in [1.29, 1.82) is 0 Å². The number of hydrogen-bond acceptors (Lipinski definition) is 3. The molecule has 2 N–H and O–H groups in total. The molecule has 0 amide bonds. The molecule has 130 valence electrons. The number of aryl methyl sites for hydroxylation is 1. The summed E-state index contributed by atoms with van der Waals surface area (Å²) in [7, 11) is 0. The zero-order valence-corrected chi connectivity index (χ0v) is 13.1. The average Bonchev–Trinajstić information content (AvgIpc) is 2.54. The Balaban J connectivity index is 1.90. The van der Waals surface area contributed by atoms with Crippen molar-refractivity contribution < 1.29 is 23.4 Å². The molecular weight excluding hydrogens is 307 g/mol. The number of benzene rings is 1. The van der Waals surface area contributed by atoms with Gasteiger partial charge in [-0.1, -0.05) is 18.2 Å². The summed E-state index contributed by atoms with van der Waals surface area (Å²) < 4.78 is 38.2. The summed E-state index contributed by atoms with van der Waals surface area (Å²) in [5.41, 5.74) is 0.110. The summed E-state index contributed by atoms with van der Waals surface area (Å²) in [6, 6.07) is 5.29. The highest BCUT2D eigenvalue weighted by Gasteiger charge is 2.30. The molecule has 0 aliphatic carbocycles. The average molecular weight is 331 g/mol. The van der Waals surface area contributed by atoms with Gasteiger partial charge in [-0.25, -0.2) is 0 Å².